The lowest BCUT2D eigenvalue weighted by Gasteiger charge is -2.28. The van der Waals surface area contributed by atoms with E-state index in [1.54, 1.807) is 0 Å². The standard InChI is InChI=1S/C24H50NO2S.HI/c1-4-5-6-7-8-9-10-11-12-13-14-15-16-17-18-19-24(27)28-23-21-25(2,3)20-22-26;/h26H,4-23H2,1-3H3;1H/q+1;/p-1. The Balaban J connectivity index is 0. The normalized spacial score (nSPS) is 11.4. The van der Waals surface area contributed by atoms with E-state index < -0.39 is 0 Å². The lowest BCUT2D eigenvalue weighted by Crippen LogP contribution is -3.00. The van der Waals surface area contributed by atoms with E-state index >= 15 is 0 Å². The molecule has 29 heavy (non-hydrogen) atoms. The second-order valence-corrected chi connectivity index (χ2v) is 10.2. The molecule has 0 fully saturated rings. The Morgan fingerprint density at radius 3 is 1.55 bits per heavy atom. The van der Waals surface area contributed by atoms with Gasteiger partial charge < -0.3 is 33.6 Å². The molecule has 0 amide bonds. The van der Waals surface area contributed by atoms with Crippen LogP contribution in [-0.4, -0.2) is 54.2 Å². The summed E-state index contributed by atoms with van der Waals surface area (Å²) in [6.45, 7) is 4.19. The molecule has 0 rings (SSSR count). The zero-order valence-corrected chi connectivity index (χ0v) is 22.7. The molecule has 0 heterocycles. The van der Waals surface area contributed by atoms with Crippen LogP contribution in [0.25, 0.3) is 0 Å². The average Bonchev–Trinajstić information content (AvgIpc) is 2.64. The van der Waals surface area contributed by atoms with Crippen LogP contribution in [0.5, 0.6) is 0 Å². The highest BCUT2D eigenvalue weighted by atomic mass is 127. The van der Waals surface area contributed by atoms with Crippen molar-refractivity contribution < 1.29 is 38.4 Å². The smallest absolute Gasteiger partial charge is 0.189 e. The summed E-state index contributed by atoms with van der Waals surface area (Å²) in [4.78, 5) is 11.9. The number of aliphatic hydroxyl groups excluding tert-OH is 1. The molecule has 0 bridgehead atoms. The van der Waals surface area contributed by atoms with Crippen molar-refractivity contribution in [3.63, 3.8) is 0 Å². The van der Waals surface area contributed by atoms with Gasteiger partial charge in [-0.25, -0.2) is 0 Å². The minimum atomic E-state index is 0. The molecule has 0 aliphatic carbocycles. The van der Waals surface area contributed by atoms with Crippen molar-refractivity contribution in [3.8, 4) is 0 Å². The molecule has 0 aliphatic rings. The molecule has 5 heteroatoms. The predicted octanol–water partition coefficient (Wildman–Crippen LogP) is 3.58. The topological polar surface area (TPSA) is 37.3 Å². The molecule has 0 aromatic rings. The van der Waals surface area contributed by atoms with Gasteiger partial charge in [0, 0.05) is 6.42 Å². The maximum Gasteiger partial charge on any atom is 0.189 e. The van der Waals surface area contributed by atoms with Gasteiger partial charge in [0.25, 0.3) is 0 Å². The highest BCUT2D eigenvalue weighted by Gasteiger charge is 2.14. The first-order chi connectivity index (χ1) is 13.5. The molecule has 0 saturated carbocycles. The third-order valence-corrected chi connectivity index (χ3v) is 6.56. The summed E-state index contributed by atoms with van der Waals surface area (Å²) in [6, 6.07) is 0. The maximum atomic E-state index is 11.9. The number of unbranched alkanes of at least 4 members (excludes halogenated alkanes) is 14. The highest BCUT2D eigenvalue weighted by Crippen LogP contribution is 2.15. The van der Waals surface area contributed by atoms with Crippen molar-refractivity contribution in [2.24, 2.45) is 0 Å². The summed E-state index contributed by atoms with van der Waals surface area (Å²) in [5, 5.41) is 9.37. The lowest BCUT2D eigenvalue weighted by molar-refractivity contribution is -0.888. The van der Waals surface area contributed by atoms with Crippen molar-refractivity contribution in [2.75, 3.05) is 39.5 Å². The van der Waals surface area contributed by atoms with E-state index in [9.17, 15) is 4.79 Å². The van der Waals surface area contributed by atoms with E-state index in [2.05, 4.69) is 21.0 Å². The van der Waals surface area contributed by atoms with Gasteiger partial charge in [-0.3, -0.25) is 4.79 Å². The Labute approximate surface area is 203 Å². The molecule has 176 valence electrons. The van der Waals surface area contributed by atoms with Gasteiger partial charge in [-0.05, 0) is 6.42 Å². The van der Waals surface area contributed by atoms with Gasteiger partial charge in [0.05, 0.1) is 33.0 Å². The molecule has 0 radical (unpaired) electrons. The fourth-order valence-electron chi connectivity index (χ4n) is 3.50. The van der Waals surface area contributed by atoms with E-state index in [0.29, 0.717) is 5.12 Å². The Morgan fingerprint density at radius 1 is 0.724 bits per heavy atom. The minimum Gasteiger partial charge on any atom is -1.00 e. The largest absolute Gasteiger partial charge is 1.00 e. The molecular formula is C24H50INO2S. The van der Waals surface area contributed by atoms with Gasteiger partial charge in [0.2, 0.25) is 0 Å². The fraction of sp³-hybridized carbons (Fsp3) is 0.958. The van der Waals surface area contributed by atoms with Gasteiger partial charge in [-0.15, -0.1) is 0 Å². The molecule has 0 atom stereocenters. The molecule has 0 aliphatic heterocycles. The number of rotatable bonds is 21. The van der Waals surface area contributed by atoms with Crippen LogP contribution in [0, 0.1) is 0 Å². The molecule has 0 saturated heterocycles. The molecule has 0 aromatic heterocycles. The Hall–Kier alpha value is 0.670. The van der Waals surface area contributed by atoms with E-state index in [4.69, 9.17) is 5.11 Å². The van der Waals surface area contributed by atoms with Crippen LogP contribution in [0.2, 0.25) is 0 Å². The minimum absolute atomic E-state index is 0. The zero-order chi connectivity index (χ0) is 20.9. The van der Waals surface area contributed by atoms with Gasteiger partial charge in [0.1, 0.15) is 6.54 Å². The first-order valence-electron chi connectivity index (χ1n) is 12.1. The first-order valence-corrected chi connectivity index (χ1v) is 13.1. The number of quaternary nitrogens is 1. The summed E-state index contributed by atoms with van der Waals surface area (Å²) < 4.78 is 0.787. The fourth-order valence-corrected chi connectivity index (χ4v) is 4.60. The first kappa shape index (κ1) is 31.9. The number of carbonyl (C=O) groups is 1. The Bertz CT molecular complexity index is 354. The number of nitrogens with zero attached hydrogens (tertiary/aromatic N) is 1. The summed E-state index contributed by atoms with van der Waals surface area (Å²) in [5.41, 5.74) is 0. The van der Waals surface area contributed by atoms with Gasteiger partial charge in [-0.2, -0.15) is 0 Å². The van der Waals surface area contributed by atoms with Gasteiger partial charge >= 0.3 is 0 Å². The molecule has 3 nitrogen and oxygen atoms in total. The third kappa shape index (κ3) is 24.8. The number of carbonyl (C=O) groups excluding carboxylic acids is 1. The zero-order valence-electron chi connectivity index (χ0n) is 19.7. The monoisotopic (exact) mass is 543 g/mol. The van der Waals surface area contributed by atoms with E-state index in [0.717, 1.165) is 36.2 Å². The molecule has 0 unspecified atom stereocenters. The SMILES string of the molecule is CCCCCCCCCCCCCCCCCC(=O)SCC[N+](C)(C)CCO.[I-]. The van der Waals surface area contributed by atoms with Crippen LogP contribution < -0.4 is 24.0 Å². The van der Waals surface area contributed by atoms with Gasteiger partial charge in [-0.1, -0.05) is 109 Å². The lowest BCUT2D eigenvalue weighted by atomic mass is 10.0. The quantitative estimate of drug-likeness (QED) is 0.137. The van der Waals surface area contributed by atoms with E-state index in [1.807, 2.05) is 0 Å². The second kappa shape index (κ2) is 23.3. The summed E-state index contributed by atoms with van der Waals surface area (Å²) in [6.07, 6.45) is 21.2. The summed E-state index contributed by atoms with van der Waals surface area (Å²) >= 11 is 1.48. The van der Waals surface area contributed by atoms with Crippen molar-refractivity contribution in [2.45, 2.75) is 110 Å². The maximum absolute atomic E-state index is 11.9. The number of hydrogen-bond acceptors (Lipinski definition) is 3. The van der Waals surface area contributed by atoms with Crippen LogP contribution in [0.1, 0.15) is 110 Å². The van der Waals surface area contributed by atoms with Crippen molar-refractivity contribution in [1.82, 2.24) is 0 Å². The van der Waals surface area contributed by atoms with Crippen LogP contribution >= 0.6 is 11.8 Å². The van der Waals surface area contributed by atoms with E-state index in [1.165, 1.54) is 102 Å². The predicted molar refractivity (Wildman–Crippen MR) is 126 cm³/mol. The number of hydrogen-bond donors (Lipinski definition) is 1. The highest BCUT2D eigenvalue weighted by molar-refractivity contribution is 8.13. The molecule has 1 N–H and O–H groups in total. The van der Waals surface area contributed by atoms with Crippen LogP contribution in [0.15, 0.2) is 0 Å². The van der Waals surface area contributed by atoms with Crippen LogP contribution in [-0.2, 0) is 4.79 Å². The summed E-state index contributed by atoms with van der Waals surface area (Å²) in [7, 11) is 4.21. The number of halogens is 1. The molecule has 0 aromatic carbocycles. The molecule has 0 spiro atoms. The van der Waals surface area contributed by atoms with Crippen LogP contribution in [0.4, 0.5) is 0 Å². The Kier molecular flexibility index (Phi) is 25.6. The Morgan fingerprint density at radius 2 is 1.14 bits per heavy atom. The average molecular weight is 544 g/mol. The van der Waals surface area contributed by atoms with Crippen LogP contribution in [0.3, 0.4) is 0 Å². The van der Waals surface area contributed by atoms with E-state index in [-0.39, 0.29) is 30.6 Å². The second-order valence-electron chi connectivity index (χ2n) is 9.03. The number of thioether (sulfide) groups is 1. The third-order valence-electron chi connectivity index (χ3n) is 5.65. The van der Waals surface area contributed by atoms with Gasteiger partial charge in [0.15, 0.2) is 5.12 Å². The molecular weight excluding hydrogens is 493 g/mol. The van der Waals surface area contributed by atoms with Crippen molar-refractivity contribution in [1.29, 1.82) is 0 Å². The van der Waals surface area contributed by atoms with Crippen molar-refractivity contribution >= 4 is 16.9 Å². The van der Waals surface area contributed by atoms with Crippen molar-refractivity contribution in [3.05, 3.63) is 0 Å². The number of likely N-dealkylation sites (N-methyl/N-ethyl adjacent to an activating group) is 1. The summed E-state index contributed by atoms with van der Waals surface area (Å²) in [5.74, 6) is 0.866. The number of aliphatic hydroxyl groups is 1.